The number of allylic oxidation sites excluding steroid dienone is 1. The largest absolute Gasteiger partial charge is 0.468 e. The Hall–Kier alpha value is -1.61. The van der Waals surface area contributed by atoms with Gasteiger partial charge < -0.3 is 9.47 Å². The van der Waals surface area contributed by atoms with Crippen molar-refractivity contribution >= 4 is 5.78 Å². The third-order valence-corrected chi connectivity index (χ3v) is 4.22. The number of hydrogen-bond donors (Lipinski definition) is 0. The Kier molecular flexibility index (Phi) is 5.18. The molecule has 1 atom stereocenters. The quantitative estimate of drug-likeness (QED) is 0.532. The van der Waals surface area contributed by atoms with Gasteiger partial charge in [0.2, 0.25) is 0 Å². The van der Waals surface area contributed by atoms with Gasteiger partial charge >= 0.3 is 0 Å². The van der Waals surface area contributed by atoms with Gasteiger partial charge in [0.1, 0.15) is 5.75 Å². The average Bonchev–Trinajstić information content (AvgIpc) is 2.76. The van der Waals surface area contributed by atoms with Crippen LogP contribution in [0.1, 0.15) is 48.5 Å². The summed E-state index contributed by atoms with van der Waals surface area (Å²) in [5.41, 5.74) is 1.64. The van der Waals surface area contributed by atoms with Crippen LogP contribution in [-0.2, 0) is 11.2 Å². The molecule has 0 aliphatic heterocycles. The van der Waals surface area contributed by atoms with Crippen LogP contribution in [0.25, 0.3) is 0 Å². The number of hydrogen-bond acceptors (Lipinski definition) is 3. The van der Waals surface area contributed by atoms with Gasteiger partial charge in [0.15, 0.2) is 12.6 Å². The molecular formula is C18H24O3. The molecule has 0 saturated heterocycles. The van der Waals surface area contributed by atoms with Crippen LogP contribution >= 0.6 is 0 Å². The van der Waals surface area contributed by atoms with Crippen LogP contribution < -0.4 is 4.74 Å². The van der Waals surface area contributed by atoms with Crippen LogP contribution in [0, 0.1) is 5.41 Å². The number of ketones is 1. The highest BCUT2D eigenvalue weighted by atomic mass is 16.7. The molecule has 0 spiro atoms. The van der Waals surface area contributed by atoms with E-state index in [1.165, 1.54) is 0 Å². The maximum Gasteiger partial charge on any atom is 0.188 e. The van der Waals surface area contributed by atoms with E-state index < -0.39 is 0 Å². The third-order valence-electron chi connectivity index (χ3n) is 4.22. The SMILES string of the molecule is C=CCC1(CCCC)Cc2cc(OCOC)ccc2C1=O. The first-order valence-corrected chi connectivity index (χ1v) is 7.57. The monoisotopic (exact) mass is 288 g/mol. The van der Waals surface area contributed by atoms with Crippen LogP contribution in [0.5, 0.6) is 5.75 Å². The summed E-state index contributed by atoms with van der Waals surface area (Å²) in [6.07, 6.45) is 6.51. The summed E-state index contributed by atoms with van der Waals surface area (Å²) in [5, 5.41) is 0. The van der Waals surface area contributed by atoms with Gasteiger partial charge in [-0.15, -0.1) is 6.58 Å². The zero-order chi connectivity index (χ0) is 15.3. The summed E-state index contributed by atoms with van der Waals surface area (Å²) in [4.78, 5) is 12.8. The second-order valence-electron chi connectivity index (χ2n) is 5.75. The fourth-order valence-electron chi connectivity index (χ4n) is 3.15. The molecule has 3 nitrogen and oxygen atoms in total. The highest BCUT2D eigenvalue weighted by Gasteiger charge is 2.43. The average molecular weight is 288 g/mol. The molecule has 1 aliphatic carbocycles. The van der Waals surface area contributed by atoms with Gasteiger partial charge in [-0.05, 0) is 43.0 Å². The lowest BCUT2D eigenvalue weighted by molar-refractivity contribution is 0.0511. The molecule has 1 unspecified atom stereocenters. The van der Waals surface area contributed by atoms with Gasteiger partial charge in [0.25, 0.3) is 0 Å². The second kappa shape index (κ2) is 6.90. The van der Waals surface area contributed by atoms with Crippen LogP contribution in [0.15, 0.2) is 30.9 Å². The Morgan fingerprint density at radius 3 is 2.90 bits per heavy atom. The molecule has 0 bridgehead atoms. The highest BCUT2D eigenvalue weighted by Crippen LogP contribution is 2.44. The standard InChI is InChI=1S/C18H24O3/c1-4-6-10-18(9-5-2)12-14-11-15(21-13-20-3)7-8-16(14)17(18)19/h5,7-8,11H,2,4,6,9-10,12-13H2,1,3H3. The fraction of sp³-hybridized carbons (Fsp3) is 0.500. The molecule has 114 valence electrons. The van der Waals surface area contributed by atoms with E-state index in [1.54, 1.807) is 7.11 Å². The second-order valence-corrected chi connectivity index (χ2v) is 5.75. The highest BCUT2D eigenvalue weighted by molar-refractivity contribution is 6.05. The van der Waals surface area contributed by atoms with Crippen LogP contribution in [0.3, 0.4) is 0 Å². The first-order valence-electron chi connectivity index (χ1n) is 7.57. The number of fused-ring (bicyclic) bond motifs is 1. The maximum absolute atomic E-state index is 12.8. The number of methoxy groups -OCH3 is 1. The molecule has 0 N–H and O–H groups in total. The van der Waals surface area contributed by atoms with Crippen molar-refractivity contribution in [2.75, 3.05) is 13.9 Å². The van der Waals surface area contributed by atoms with E-state index in [0.29, 0.717) is 0 Å². The summed E-state index contributed by atoms with van der Waals surface area (Å²) >= 11 is 0. The maximum atomic E-state index is 12.8. The fourth-order valence-corrected chi connectivity index (χ4v) is 3.15. The summed E-state index contributed by atoms with van der Waals surface area (Å²) in [6, 6.07) is 5.71. The Morgan fingerprint density at radius 2 is 2.24 bits per heavy atom. The summed E-state index contributed by atoms with van der Waals surface area (Å²) in [5.74, 6) is 1.03. The summed E-state index contributed by atoms with van der Waals surface area (Å²) < 4.78 is 10.4. The van der Waals surface area contributed by atoms with Crippen molar-refractivity contribution in [3.8, 4) is 5.75 Å². The lowest BCUT2D eigenvalue weighted by Gasteiger charge is -2.25. The first kappa shape index (κ1) is 15.8. The van der Waals surface area contributed by atoms with Gasteiger partial charge in [-0.3, -0.25) is 4.79 Å². The third kappa shape index (κ3) is 3.18. The number of benzene rings is 1. The predicted octanol–water partition coefficient (Wildman–Crippen LogP) is 4.16. The Morgan fingerprint density at radius 1 is 1.43 bits per heavy atom. The molecule has 2 rings (SSSR count). The molecule has 1 aromatic carbocycles. The van der Waals surface area contributed by atoms with E-state index in [9.17, 15) is 4.79 Å². The molecule has 21 heavy (non-hydrogen) atoms. The van der Waals surface area contributed by atoms with E-state index in [2.05, 4.69) is 13.5 Å². The van der Waals surface area contributed by atoms with Gasteiger partial charge in [0, 0.05) is 18.1 Å². The van der Waals surface area contributed by atoms with Crippen LogP contribution in [0.4, 0.5) is 0 Å². The predicted molar refractivity (Wildman–Crippen MR) is 83.8 cm³/mol. The van der Waals surface area contributed by atoms with Crippen molar-refractivity contribution in [1.82, 2.24) is 0 Å². The van der Waals surface area contributed by atoms with Crippen molar-refractivity contribution in [2.45, 2.75) is 39.0 Å². The lowest BCUT2D eigenvalue weighted by atomic mass is 9.76. The van der Waals surface area contributed by atoms with E-state index in [4.69, 9.17) is 9.47 Å². The van der Waals surface area contributed by atoms with Crippen molar-refractivity contribution in [3.05, 3.63) is 42.0 Å². The van der Waals surface area contributed by atoms with Crippen molar-refractivity contribution in [3.63, 3.8) is 0 Å². The van der Waals surface area contributed by atoms with Crippen LogP contribution in [0.2, 0.25) is 0 Å². The topological polar surface area (TPSA) is 35.5 Å². The Bertz CT molecular complexity index is 521. The Labute approximate surface area is 127 Å². The smallest absolute Gasteiger partial charge is 0.188 e. The number of unbranched alkanes of at least 4 members (excludes halogenated alkanes) is 1. The van der Waals surface area contributed by atoms with Gasteiger partial charge in [-0.2, -0.15) is 0 Å². The Balaban J connectivity index is 2.25. The van der Waals surface area contributed by atoms with Crippen molar-refractivity contribution < 1.29 is 14.3 Å². The molecular weight excluding hydrogens is 264 g/mol. The number of ether oxygens (including phenoxy) is 2. The number of carbonyl (C=O) groups is 1. The lowest BCUT2D eigenvalue weighted by Crippen LogP contribution is -2.27. The minimum absolute atomic E-state index is 0.223. The van der Waals surface area contributed by atoms with Crippen molar-refractivity contribution in [2.24, 2.45) is 5.41 Å². The number of rotatable bonds is 8. The molecule has 0 fully saturated rings. The zero-order valence-electron chi connectivity index (χ0n) is 13.0. The molecule has 0 amide bonds. The minimum Gasteiger partial charge on any atom is -0.468 e. The molecule has 0 heterocycles. The zero-order valence-corrected chi connectivity index (χ0v) is 13.0. The molecule has 0 radical (unpaired) electrons. The number of Topliss-reactive ketones (excluding diaryl/α,β-unsaturated/α-hetero) is 1. The van der Waals surface area contributed by atoms with E-state index in [-0.39, 0.29) is 18.0 Å². The molecule has 0 saturated carbocycles. The summed E-state index contributed by atoms with van der Waals surface area (Å²) in [7, 11) is 1.59. The molecule has 1 aromatic rings. The van der Waals surface area contributed by atoms with Gasteiger partial charge in [0.05, 0.1) is 0 Å². The van der Waals surface area contributed by atoms with Gasteiger partial charge in [-0.25, -0.2) is 0 Å². The first-order chi connectivity index (χ1) is 10.2. The van der Waals surface area contributed by atoms with Gasteiger partial charge in [-0.1, -0.05) is 25.8 Å². The summed E-state index contributed by atoms with van der Waals surface area (Å²) in [6.45, 7) is 6.22. The van der Waals surface area contributed by atoms with E-state index >= 15 is 0 Å². The number of carbonyl (C=O) groups excluding carboxylic acids is 1. The van der Waals surface area contributed by atoms with Crippen LogP contribution in [-0.4, -0.2) is 19.7 Å². The van der Waals surface area contributed by atoms with Crippen molar-refractivity contribution in [1.29, 1.82) is 0 Å². The van der Waals surface area contributed by atoms with E-state index in [0.717, 1.165) is 49.0 Å². The molecule has 1 aliphatic rings. The van der Waals surface area contributed by atoms with E-state index in [1.807, 2.05) is 24.3 Å². The normalized spacial score (nSPS) is 20.4. The minimum atomic E-state index is -0.292. The molecule has 3 heteroatoms. The molecule has 0 aromatic heterocycles.